The molecule has 2 rings (SSSR count). The van der Waals surface area contributed by atoms with Gasteiger partial charge in [-0.1, -0.05) is 6.92 Å². The van der Waals surface area contributed by atoms with Gasteiger partial charge in [-0.15, -0.1) is 11.3 Å². The van der Waals surface area contributed by atoms with Gasteiger partial charge in [0, 0.05) is 30.4 Å². The van der Waals surface area contributed by atoms with Crippen LogP contribution in [0.5, 0.6) is 0 Å². The highest BCUT2D eigenvalue weighted by molar-refractivity contribution is 7.98. The summed E-state index contributed by atoms with van der Waals surface area (Å²) in [5.41, 5.74) is 7.84. The Balaban J connectivity index is 2.39. The number of fused-ring (bicyclic) bond motifs is 1. The van der Waals surface area contributed by atoms with E-state index < -0.39 is 0 Å². The number of nitrogens with zero attached hydrogens (tertiary/aromatic N) is 2. The van der Waals surface area contributed by atoms with E-state index in [9.17, 15) is 4.79 Å². The van der Waals surface area contributed by atoms with E-state index in [0.717, 1.165) is 28.0 Å². The fourth-order valence-corrected chi connectivity index (χ4v) is 4.35. The minimum absolute atomic E-state index is 0.00389. The maximum Gasteiger partial charge on any atom is 0.266 e. The van der Waals surface area contributed by atoms with Crippen LogP contribution in [0.25, 0.3) is 10.2 Å². The molecule has 0 spiro atoms. The molecule has 0 fully saturated rings. The molecule has 1 amide bonds. The largest absolute Gasteiger partial charge is 0.397 e. The van der Waals surface area contributed by atoms with Crippen molar-refractivity contribution in [2.75, 3.05) is 24.8 Å². The number of pyridine rings is 1. The number of carbonyl (C=O) groups is 1. The fraction of sp³-hybridized carbons (Fsp3) is 0.467. The van der Waals surface area contributed by atoms with Crippen molar-refractivity contribution in [1.29, 1.82) is 0 Å². The Morgan fingerprint density at radius 3 is 2.86 bits per heavy atom. The maximum atomic E-state index is 12.7. The molecule has 1 unspecified atom stereocenters. The summed E-state index contributed by atoms with van der Waals surface area (Å²) >= 11 is 3.14. The van der Waals surface area contributed by atoms with E-state index in [1.807, 2.05) is 24.9 Å². The van der Waals surface area contributed by atoms with E-state index >= 15 is 0 Å². The van der Waals surface area contributed by atoms with E-state index in [1.54, 1.807) is 18.0 Å². The van der Waals surface area contributed by atoms with Crippen molar-refractivity contribution in [2.45, 2.75) is 26.3 Å². The predicted molar refractivity (Wildman–Crippen MR) is 93.3 cm³/mol. The molecular weight excluding hydrogens is 302 g/mol. The summed E-state index contributed by atoms with van der Waals surface area (Å²) in [5.74, 6) is 0.927. The van der Waals surface area contributed by atoms with Crippen molar-refractivity contribution in [2.24, 2.45) is 0 Å². The standard InChI is InChI=1S/C15H21N3OS2/c1-5-10(8-20-4)18(3)15(19)13-12(16)11-9(2)6-7-17-14(11)21-13/h6-7,10H,5,8,16H2,1-4H3. The quantitative estimate of drug-likeness (QED) is 0.916. The van der Waals surface area contributed by atoms with Gasteiger partial charge in [-0.25, -0.2) is 4.98 Å². The first-order chi connectivity index (χ1) is 10.0. The molecule has 0 aliphatic heterocycles. The zero-order valence-corrected chi connectivity index (χ0v) is 14.5. The number of thioether (sulfide) groups is 1. The smallest absolute Gasteiger partial charge is 0.266 e. The third-order valence-electron chi connectivity index (χ3n) is 3.73. The van der Waals surface area contributed by atoms with Gasteiger partial charge < -0.3 is 10.6 Å². The summed E-state index contributed by atoms with van der Waals surface area (Å²) < 4.78 is 0. The van der Waals surface area contributed by atoms with Crippen molar-refractivity contribution in [3.05, 3.63) is 22.7 Å². The van der Waals surface area contributed by atoms with Crippen LogP contribution in [0.15, 0.2) is 12.3 Å². The van der Waals surface area contributed by atoms with Gasteiger partial charge in [-0.3, -0.25) is 4.79 Å². The SMILES string of the molecule is CCC(CSC)N(C)C(=O)c1sc2nccc(C)c2c1N. The number of anilines is 1. The second-order valence-electron chi connectivity index (χ2n) is 5.09. The molecular formula is C15H21N3OS2. The van der Waals surface area contributed by atoms with Crippen molar-refractivity contribution < 1.29 is 4.79 Å². The Kier molecular flexibility index (Phi) is 5.11. The molecule has 0 aliphatic rings. The molecule has 2 aromatic heterocycles. The molecule has 0 radical (unpaired) electrons. The molecule has 1 atom stereocenters. The highest BCUT2D eigenvalue weighted by atomic mass is 32.2. The van der Waals surface area contributed by atoms with Crippen LogP contribution in [-0.4, -0.2) is 40.9 Å². The van der Waals surface area contributed by atoms with E-state index in [-0.39, 0.29) is 11.9 Å². The average molecular weight is 323 g/mol. The third kappa shape index (κ3) is 3.01. The van der Waals surface area contributed by atoms with Gasteiger partial charge in [0.2, 0.25) is 0 Å². The van der Waals surface area contributed by atoms with Gasteiger partial charge in [0.15, 0.2) is 0 Å². The molecule has 114 valence electrons. The molecule has 2 aromatic rings. The van der Waals surface area contributed by atoms with E-state index in [4.69, 9.17) is 5.73 Å². The molecule has 2 heterocycles. The minimum atomic E-state index is -0.00389. The van der Waals surface area contributed by atoms with Gasteiger partial charge in [-0.05, 0) is 31.2 Å². The van der Waals surface area contributed by atoms with E-state index in [0.29, 0.717) is 10.6 Å². The van der Waals surface area contributed by atoms with Gasteiger partial charge >= 0.3 is 0 Å². The Morgan fingerprint density at radius 1 is 1.57 bits per heavy atom. The normalized spacial score (nSPS) is 12.6. The molecule has 21 heavy (non-hydrogen) atoms. The summed E-state index contributed by atoms with van der Waals surface area (Å²) in [7, 11) is 1.86. The number of nitrogens with two attached hydrogens (primary N) is 1. The number of nitrogen functional groups attached to an aromatic ring is 1. The second kappa shape index (κ2) is 6.66. The second-order valence-corrected chi connectivity index (χ2v) is 7.00. The Bertz CT molecular complexity index is 654. The molecule has 0 aromatic carbocycles. The van der Waals surface area contributed by atoms with E-state index in [1.165, 1.54) is 11.3 Å². The highest BCUT2D eigenvalue weighted by Crippen LogP contribution is 2.35. The zero-order valence-electron chi connectivity index (χ0n) is 12.8. The van der Waals surface area contributed by atoms with Gasteiger partial charge in [-0.2, -0.15) is 11.8 Å². The van der Waals surface area contributed by atoms with Crippen LogP contribution < -0.4 is 5.73 Å². The molecule has 6 heteroatoms. The van der Waals surface area contributed by atoms with Crippen LogP contribution in [0.1, 0.15) is 28.6 Å². The van der Waals surface area contributed by atoms with Crippen molar-refractivity contribution in [3.8, 4) is 0 Å². The number of aryl methyl sites for hydroxylation is 1. The number of aromatic nitrogens is 1. The Hall–Kier alpha value is -1.27. The minimum Gasteiger partial charge on any atom is -0.397 e. The monoisotopic (exact) mass is 323 g/mol. The molecule has 0 saturated carbocycles. The topological polar surface area (TPSA) is 59.2 Å². The van der Waals surface area contributed by atoms with Crippen molar-refractivity contribution in [3.63, 3.8) is 0 Å². The first kappa shape index (κ1) is 16.1. The van der Waals surface area contributed by atoms with Crippen LogP contribution in [-0.2, 0) is 0 Å². The Morgan fingerprint density at radius 2 is 2.29 bits per heavy atom. The number of rotatable bonds is 5. The summed E-state index contributed by atoms with van der Waals surface area (Å²) in [5, 5.41) is 0.914. The molecule has 4 nitrogen and oxygen atoms in total. The van der Waals surface area contributed by atoms with Crippen LogP contribution in [0.2, 0.25) is 0 Å². The first-order valence-corrected chi connectivity index (χ1v) is 9.11. The summed E-state index contributed by atoms with van der Waals surface area (Å²) in [6.45, 7) is 4.10. The van der Waals surface area contributed by atoms with Crippen LogP contribution in [0.4, 0.5) is 5.69 Å². The highest BCUT2D eigenvalue weighted by Gasteiger charge is 2.24. The van der Waals surface area contributed by atoms with Crippen LogP contribution >= 0.6 is 23.1 Å². The molecule has 2 N–H and O–H groups in total. The lowest BCUT2D eigenvalue weighted by molar-refractivity contribution is 0.0749. The fourth-order valence-electron chi connectivity index (χ4n) is 2.38. The lowest BCUT2D eigenvalue weighted by Gasteiger charge is -2.26. The lowest BCUT2D eigenvalue weighted by Crippen LogP contribution is -2.38. The first-order valence-electron chi connectivity index (χ1n) is 6.90. The van der Waals surface area contributed by atoms with Gasteiger partial charge in [0.1, 0.15) is 9.71 Å². The van der Waals surface area contributed by atoms with Crippen molar-refractivity contribution >= 4 is 44.9 Å². The number of amides is 1. The molecule has 0 bridgehead atoms. The lowest BCUT2D eigenvalue weighted by atomic mass is 10.1. The zero-order chi connectivity index (χ0) is 15.6. The molecule has 0 aliphatic carbocycles. The predicted octanol–water partition coefficient (Wildman–Crippen LogP) is 3.40. The number of carbonyl (C=O) groups excluding carboxylic acids is 1. The van der Waals surface area contributed by atoms with Gasteiger partial charge in [0.25, 0.3) is 5.91 Å². The average Bonchev–Trinajstić information content (AvgIpc) is 2.81. The van der Waals surface area contributed by atoms with Crippen molar-refractivity contribution in [1.82, 2.24) is 9.88 Å². The van der Waals surface area contributed by atoms with E-state index in [2.05, 4.69) is 18.2 Å². The number of thiophene rings is 1. The summed E-state index contributed by atoms with van der Waals surface area (Å²) in [6, 6.07) is 2.15. The maximum absolute atomic E-state index is 12.7. The van der Waals surface area contributed by atoms with Crippen LogP contribution in [0, 0.1) is 6.92 Å². The summed E-state index contributed by atoms with van der Waals surface area (Å²) in [4.78, 5) is 20.3. The van der Waals surface area contributed by atoms with Crippen LogP contribution in [0.3, 0.4) is 0 Å². The number of hydrogen-bond donors (Lipinski definition) is 1. The molecule has 0 saturated heterocycles. The van der Waals surface area contributed by atoms with Gasteiger partial charge in [0.05, 0.1) is 5.69 Å². The summed E-state index contributed by atoms with van der Waals surface area (Å²) in [6.07, 6.45) is 4.75. The number of hydrogen-bond acceptors (Lipinski definition) is 5. The third-order valence-corrected chi connectivity index (χ3v) is 5.55. The Labute approximate surface area is 133 Å².